The van der Waals surface area contributed by atoms with Gasteiger partial charge in [0, 0.05) is 6.61 Å². The van der Waals surface area contributed by atoms with Crippen molar-refractivity contribution < 1.29 is 9.84 Å². The van der Waals surface area contributed by atoms with Crippen molar-refractivity contribution in [2.24, 2.45) is 5.92 Å². The zero-order chi connectivity index (χ0) is 9.84. The molecule has 1 rings (SSSR count). The predicted molar refractivity (Wildman–Crippen MR) is 53.6 cm³/mol. The van der Waals surface area contributed by atoms with Crippen LogP contribution in [0.5, 0.6) is 0 Å². The smallest absolute Gasteiger partial charge is 0.0760 e. The summed E-state index contributed by atoms with van der Waals surface area (Å²) < 4.78 is 5.76. The van der Waals surface area contributed by atoms with E-state index in [0.29, 0.717) is 12.0 Å². The van der Waals surface area contributed by atoms with E-state index in [2.05, 4.69) is 20.4 Å². The number of rotatable bonds is 3. The molecule has 0 saturated carbocycles. The second-order valence-corrected chi connectivity index (χ2v) is 3.98. The number of hydrogen-bond donors (Lipinski definition) is 1. The highest BCUT2D eigenvalue weighted by Crippen LogP contribution is 2.30. The summed E-state index contributed by atoms with van der Waals surface area (Å²) in [6, 6.07) is 0. The van der Waals surface area contributed by atoms with E-state index in [0.717, 1.165) is 19.3 Å². The van der Waals surface area contributed by atoms with Crippen molar-refractivity contribution in [3.8, 4) is 0 Å². The highest BCUT2D eigenvalue weighted by molar-refractivity contribution is 5.08. The van der Waals surface area contributed by atoms with E-state index in [1.165, 1.54) is 5.57 Å². The fourth-order valence-electron chi connectivity index (χ4n) is 1.88. The molecule has 0 unspecified atom stereocenters. The molecule has 76 valence electrons. The topological polar surface area (TPSA) is 29.5 Å². The highest BCUT2D eigenvalue weighted by Gasteiger charge is 2.26. The third-order valence-electron chi connectivity index (χ3n) is 2.85. The van der Waals surface area contributed by atoms with Gasteiger partial charge in [-0.1, -0.05) is 13.5 Å². The minimum Gasteiger partial charge on any atom is -0.396 e. The molecular formula is C11H20O2. The number of aliphatic hydroxyl groups excluding tert-OH is 1. The van der Waals surface area contributed by atoms with Crippen molar-refractivity contribution in [1.29, 1.82) is 0 Å². The molecule has 0 bridgehead atoms. The SMILES string of the molecule is C=C1[C@H](C)C[C@H](CCCO)O[C@@H]1C. The lowest BCUT2D eigenvalue weighted by Crippen LogP contribution is -2.32. The maximum absolute atomic E-state index is 8.71. The van der Waals surface area contributed by atoms with Crippen LogP contribution in [0.2, 0.25) is 0 Å². The number of ether oxygens (including phenoxy) is 1. The summed E-state index contributed by atoms with van der Waals surface area (Å²) in [6.07, 6.45) is 3.38. The van der Waals surface area contributed by atoms with Crippen LogP contribution in [0.1, 0.15) is 33.1 Å². The van der Waals surface area contributed by atoms with E-state index in [-0.39, 0.29) is 12.7 Å². The normalized spacial score (nSPS) is 35.0. The first kappa shape index (κ1) is 10.7. The Morgan fingerprint density at radius 3 is 2.77 bits per heavy atom. The Morgan fingerprint density at radius 2 is 2.23 bits per heavy atom. The van der Waals surface area contributed by atoms with Gasteiger partial charge in [-0.25, -0.2) is 0 Å². The zero-order valence-corrected chi connectivity index (χ0v) is 8.62. The van der Waals surface area contributed by atoms with Gasteiger partial charge in [0.1, 0.15) is 0 Å². The van der Waals surface area contributed by atoms with Crippen LogP contribution in [0.4, 0.5) is 0 Å². The maximum Gasteiger partial charge on any atom is 0.0760 e. The van der Waals surface area contributed by atoms with Crippen LogP contribution in [-0.2, 0) is 4.74 Å². The molecule has 2 nitrogen and oxygen atoms in total. The third-order valence-corrected chi connectivity index (χ3v) is 2.85. The van der Waals surface area contributed by atoms with Crippen molar-refractivity contribution in [3.63, 3.8) is 0 Å². The second kappa shape index (κ2) is 4.77. The lowest BCUT2D eigenvalue weighted by molar-refractivity contribution is -0.0299. The fourth-order valence-corrected chi connectivity index (χ4v) is 1.88. The van der Waals surface area contributed by atoms with Crippen LogP contribution >= 0.6 is 0 Å². The van der Waals surface area contributed by atoms with E-state index in [4.69, 9.17) is 9.84 Å². The average molecular weight is 184 g/mol. The van der Waals surface area contributed by atoms with Crippen LogP contribution in [0.3, 0.4) is 0 Å². The summed E-state index contributed by atoms with van der Waals surface area (Å²) in [5.74, 6) is 0.562. The van der Waals surface area contributed by atoms with Crippen LogP contribution < -0.4 is 0 Å². The highest BCUT2D eigenvalue weighted by atomic mass is 16.5. The van der Waals surface area contributed by atoms with Gasteiger partial charge in [-0.05, 0) is 37.7 Å². The summed E-state index contributed by atoms with van der Waals surface area (Å²) in [4.78, 5) is 0. The van der Waals surface area contributed by atoms with Crippen LogP contribution in [0, 0.1) is 5.92 Å². The molecular weight excluding hydrogens is 164 g/mol. The molecule has 0 spiro atoms. The first-order valence-electron chi connectivity index (χ1n) is 5.10. The molecule has 0 aromatic carbocycles. The van der Waals surface area contributed by atoms with Crippen molar-refractivity contribution in [2.45, 2.75) is 45.3 Å². The molecule has 0 radical (unpaired) electrons. The van der Waals surface area contributed by atoms with Gasteiger partial charge in [0.25, 0.3) is 0 Å². The van der Waals surface area contributed by atoms with Gasteiger partial charge in [0.15, 0.2) is 0 Å². The summed E-state index contributed by atoms with van der Waals surface area (Å²) >= 11 is 0. The Labute approximate surface area is 80.6 Å². The Morgan fingerprint density at radius 1 is 1.54 bits per heavy atom. The van der Waals surface area contributed by atoms with E-state index in [1.54, 1.807) is 0 Å². The van der Waals surface area contributed by atoms with Gasteiger partial charge in [-0.15, -0.1) is 0 Å². The molecule has 0 aliphatic carbocycles. The molecule has 1 aliphatic heterocycles. The van der Waals surface area contributed by atoms with Gasteiger partial charge in [0.05, 0.1) is 12.2 Å². The summed E-state index contributed by atoms with van der Waals surface area (Å²) in [6.45, 7) is 8.55. The van der Waals surface area contributed by atoms with Gasteiger partial charge in [0.2, 0.25) is 0 Å². The first-order chi connectivity index (χ1) is 6.15. The molecule has 2 heteroatoms. The van der Waals surface area contributed by atoms with Gasteiger partial charge >= 0.3 is 0 Å². The van der Waals surface area contributed by atoms with Crippen molar-refractivity contribution in [3.05, 3.63) is 12.2 Å². The van der Waals surface area contributed by atoms with Gasteiger partial charge < -0.3 is 9.84 Å². The van der Waals surface area contributed by atoms with E-state index in [1.807, 2.05) is 0 Å². The minimum atomic E-state index is 0.187. The molecule has 1 heterocycles. The Bertz CT molecular complexity index is 163. The predicted octanol–water partition coefficient (Wildman–Crippen LogP) is 2.13. The van der Waals surface area contributed by atoms with Crippen molar-refractivity contribution >= 4 is 0 Å². The van der Waals surface area contributed by atoms with Gasteiger partial charge in [-0.2, -0.15) is 0 Å². The summed E-state index contributed by atoms with van der Waals surface area (Å²) in [7, 11) is 0. The van der Waals surface area contributed by atoms with E-state index >= 15 is 0 Å². The molecule has 13 heavy (non-hydrogen) atoms. The molecule has 0 amide bonds. The Balaban J connectivity index is 2.39. The summed E-state index contributed by atoms with van der Waals surface area (Å²) in [5, 5.41) is 8.71. The molecule has 1 N–H and O–H groups in total. The monoisotopic (exact) mass is 184 g/mol. The molecule has 0 aromatic rings. The van der Waals surface area contributed by atoms with Crippen molar-refractivity contribution in [2.75, 3.05) is 6.61 Å². The first-order valence-corrected chi connectivity index (χ1v) is 5.10. The standard InChI is InChI=1S/C11H20O2/c1-8-7-11(5-4-6-12)13-10(3)9(8)2/h8,10-12H,2,4-7H2,1,3H3/t8-,10-,11+/m1/s1. The molecule has 0 aromatic heterocycles. The van der Waals surface area contributed by atoms with Gasteiger partial charge in [-0.3, -0.25) is 0 Å². The van der Waals surface area contributed by atoms with E-state index < -0.39 is 0 Å². The van der Waals surface area contributed by atoms with Crippen molar-refractivity contribution in [1.82, 2.24) is 0 Å². The lowest BCUT2D eigenvalue weighted by atomic mass is 9.88. The summed E-state index contributed by atoms with van der Waals surface area (Å²) in [5.41, 5.74) is 1.21. The van der Waals surface area contributed by atoms with E-state index in [9.17, 15) is 0 Å². The average Bonchev–Trinajstić information content (AvgIpc) is 2.10. The molecule has 3 atom stereocenters. The quantitative estimate of drug-likeness (QED) is 0.681. The number of hydrogen-bond acceptors (Lipinski definition) is 2. The minimum absolute atomic E-state index is 0.187. The second-order valence-electron chi connectivity index (χ2n) is 3.98. The lowest BCUT2D eigenvalue weighted by Gasteiger charge is -2.34. The van der Waals surface area contributed by atoms with Crippen LogP contribution in [0.25, 0.3) is 0 Å². The Hall–Kier alpha value is -0.340. The van der Waals surface area contributed by atoms with Crippen LogP contribution in [0.15, 0.2) is 12.2 Å². The molecule has 1 saturated heterocycles. The molecule has 1 aliphatic rings. The Kier molecular flexibility index (Phi) is 3.94. The fraction of sp³-hybridized carbons (Fsp3) is 0.818. The molecule has 1 fully saturated rings. The third kappa shape index (κ3) is 2.82. The number of aliphatic hydroxyl groups is 1. The zero-order valence-electron chi connectivity index (χ0n) is 8.62. The maximum atomic E-state index is 8.71. The van der Waals surface area contributed by atoms with Crippen LogP contribution in [-0.4, -0.2) is 23.9 Å². The largest absolute Gasteiger partial charge is 0.396 e.